The van der Waals surface area contributed by atoms with E-state index in [-0.39, 0.29) is 4.75 Å². The summed E-state index contributed by atoms with van der Waals surface area (Å²) in [5.41, 5.74) is 0. The van der Waals surface area contributed by atoms with Gasteiger partial charge >= 0.3 is 0 Å². The van der Waals surface area contributed by atoms with Gasteiger partial charge in [0.05, 0.1) is 0 Å². The summed E-state index contributed by atoms with van der Waals surface area (Å²) in [7, 11) is 6.11. The van der Waals surface area contributed by atoms with Crippen molar-refractivity contribution in [2.75, 3.05) is 27.7 Å². The lowest BCUT2D eigenvalue weighted by Gasteiger charge is -2.30. The minimum Gasteiger partial charge on any atom is -0.248 e. The van der Waals surface area contributed by atoms with Gasteiger partial charge in [-0.05, 0) is 13.8 Å². The van der Waals surface area contributed by atoms with Crippen molar-refractivity contribution < 1.29 is 0 Å². The molecular formula is C7H18N2S. The Labute approximate surface area is 69.6 Å². The molecule has 0 aliphatic carbocycles. The van der Waals surface area contributed by atoms with E-state index in [2.05, 4.69) is 43.5 Å². The van der Waals surface area contributed by atoms with Gasteiger partial charge < -0.3 is 0 Å². The largest absolute Gasteiger partial charge is 0.248 e. The highest BCUT2D eigenvalue weighted by molar-refractivity contribution is 7.81. The number of rotatable bonds is 3. The van der Waals surface area contributed by atoms with Gasteiger partial charge in [-0.3, -0.25) is 0 Å². The molecule has 0 fully saturated rings. The molecule has 0 aliphatic rings. The third-order valence-electron chi connectivity index (χ3n) is 1.30. The van der Waals surface area contributed by atoms with Crippen LogP contribution in [-0.4, -0.2) is 42.5 Å². The molecule has 0 aromatic heterocycles. The average molecular weight is 162 g/mol. The second-order valence-corrected chi connectivity index (χ2v) is 4.69. The van der Waals surface area contributed by atoms with Crippen LogP contribution in [0.1, 0.15) is 13.8 Å². The molecule has 0 atom stereocenters. The van der Waals surface area contributed by atoms with E-state index in [1.54, 1.807) is 0 Å². The van der Waals surface area contributed by atoms with Gasteiger partial charge in [0.1, 0.15) is 0 Å². The molecule has 0 amide bonds. The highest BCUT2D eigenvalue weighted by atomic mass is 32.1. The van der Waals surface area contributed by atoms with E-state index in [9.17, 15) is 0 Å². The molecule has 62 valence electrons. The molecule has 0 N–H and O–H groups in total. The average Bonchev–Trinajstić information content (AvgIpc) is 1.60. The van der Waals surface area contributed by atoms with Gasteiger partial charge in [0.25, 0.3) is 0 Å². The molecule has 0 radical (unpaired) electrons. The van der Waals surface area contributed by atoms with Crippen molar-refractivity contribution >= 4 is 12.6 Å². The van der Waals surface area contributed by atoms with Crippen LogP contribution in [0.4, 0.5) is 0 Å². The maximum atomic E-state index is 4.42. The molecule has 3 heteroatoms. The molecule has 2 nitrogen and oxygen atoms in total. The topological polar surface area (TPSA) is 6.48 Å². The highest BCUT2D eigenvalue weighted by Gasteiger charge is 2.14. The lowest BCUT2D eigenvalue weighted by molar-refractivity contribution is 0.0493. The summed E-state index contributed by atoms with van der Waals surface area (Å²) in [6.45, 7) is 5.18. The van der Waals surface area contributed by atoms with Gasteiger partial charge in [-0.15, -0.1) is 0 Å². The van der Waals surface area contributed by atoms with Crippen LogP contribution in [0, 0.1) is 0 Å². The van der Waals surface area contributed by atoms with Crippen molar-refractivity contribution in [1.82, 2.24) is 10.0 Å². The van der Waals surface area contributed by atoms with Crippen molar-refractivity contribution in [3.05, 3.63) is 0 Å². The van der Waals surface area contributed by atoms with Crippen molar-refractivity contribution in [2.24, 2.45) is 0 Å². The van der Waals surface area contributed by atoms with Crippen LogP contribution in [0.2, 0.25) is 0 Å². The number of hydrogen-bond donors (Lipinski definition) is 1. The van der Waals surface area contributed by atoms with Gasteiger partial charge in [-0.25, -0.2) is 10.0 Å². The molecule has 0 aromatic carbocycles. The molecule has 0 aliphatic heterocycles. The van der Waals surface area contributed by atoms with Gasteiger partial charge in [0.2, 0.25) is 0 Å². The Hall–Kier alpha value is 0.270. The lowest BCUT2D eigenvalue weighted by Crippen LogP contribution is -2.40. The first-order chi connectivity index (χ1) is 4.33. The van der Waals surface area contributed by atoms with Crippen LogP contribution in [0.5, 0.6) is 0 Å². The maximum absolute atomic E-state index is 4.42. The zero-order valence-corrected chi connectivity index (χ0v) is 8.44. The number of thiol groups is 1. The van der Waals surface area contributed by atoms with Crippen molar-refractivity contribution in [3.63, 3.8) is 0 Å². The molecule has 0 aromatic rings. The number of nitrogens with zero attached hydrogens (tertiary/aromatic N) is 2. The van der Waals surface area contributed by atoms with E-state index >= 15 is 0 Å². The summed E-state index contributed by atoms with van der Waals surface area (Å²) in [6.07, 6.45) is 0. The molecule has 10 heavy (non-hydrogen) atoms. The molecule has 0 bridgehead atoms. The third-order valence-corrected chi connectivity index (χ3v) is 1.44. The van der Waals surface area contributed by atoms with Crippen LogP contribution in [0.15, 0.2) is 0 Å². The van der Waals surface area contributed by atoms with E-state index in [4.69, 9.17) is 0 Å². The first kappa shape index (κ1) is 10.3. The molecule has 0 saturated heterocycles. The lowest BCUT2D eigenvalue weighted by atomic mass is 10.2. The first-order valence-corrected chi connectivity index (χ1v) is 3.88. The molecule has 0 saturated carbocycles. The summed E-state index contributed by atoms with van der Waals surface area (Å²) in [4.78, 5) is 0. The van der Waals surface area contributed by atoms with E-state index in [1.165, 1.54) is 0 Å². The summed E-state index contributed by atoms with van der Waals surface area (Å²) in [5.74, 6) is 0. The zero-order valence-electron chi connectivity index (χ0n) is 7.55. The van der Waals surface area contributed by atoms with Crippen molar-refractivity contribution in [3.8, 4) is 0 Å². The summed E-state index contributed by atoms with van der Waals surface area (Å²) >= 11 is 4.42. The predicted octanol–water partition coefficient (Wildman–Crippen LogP) is 1.10. The Bertz CT molecular complexity index is 96.3. The predicted molar refractivity (Wildman–Crippen MR) is 49.4 cm³/mol. The van der Waals surface area contributed by atoms with Gasteiger partial charge in [-0.1, -0.05) is 0 Å². The molecule has 0 unspecified atom stereocenters. The van der Waals surface area contributed by atoms with Crippen LogP contribution in [-0.2, 0) is 0 Å². The van der Waals surface area contributed by atoms with E-state index < -0.39 is 0 Å². The minimum atomic E-state index is 0.0824. The SMILES string of the molecule is CN(C)N(C)CC(C)(C)S. The second-order valence-electron chi connectivity index (χ2n) is 3.48. The first-order valence-electron chi connectivity index (χ1n) is 3.44. The summed E-state index contributed by atoms with van der Waals surface area (Å²) in [6, 6.07) is 0. The van der Waals surface area contributed by atoms with Crippen LogP contribution >= 0.6 is 12.6 Å². The van der Waals surface area contributed by atoms with Crippen molar-refractivity contribution in [2.45, 2.75) is 18.6 Å². The van der Waals surface area contributed by atoms with Gasteiger partial charge in [-0.2, -0.15) is 12.6 Å². The molecule has 0 rings (SSSR count). The second kappa shape index (κ2) is 3.60. The monoisotopic (exact) mass is 162 g/mol. The standard InChI is InChI=1S/C7H18N2S/c1-7(2,10)6-9(5)8(3)4/h10H,6H2,1-5H3. The quantitative estimate of drug-likeness (QED) is 0.490. The molecule has 0 spiro atoms. The van der Waals surface area contributed by atoms with E-state index in [1.807, 2.05) is 14.1 Å². The van der Waals surface area contributed by atoms with E-state index in [0.717, 1.165) is 6.54 Å². The summed E-state index contributed by atoms with van der Waals surface area (Å²) in [5, 5.41) is 4.19. The van der Waals surface area contributed by atoms with Crippen molar-refractivity contribution in [1.29, 1.82) is 0 Å². The zero-order chi connectivity index (χ0) is 8.36. The summed E-state index contributed by atoms with van der Waals surface area (Å²) < 4.78 is 0.0824. The highest BCUT2D eigenvalue weighted by Crippen LogP contribution is 2.12. The molecule has 0 heterocycles. The maximum Gasteiger partial charge on any atom is 0.0269 e. The fourth-order valence-corrected chi connectivity index (χ4v) is 0.906. The Morgan fingerprint density at radius 1 is 1.20 bits per heavy atom. The van der Waals surface area contributed by atoms with Crippen LogP contribution < -0.4 is 0 Å². The number of hydrazine groups is 1. The Balaban J connectivity index is 3.68. The Morgan fingerprint density at radius 2 is 1.60 bits per heavy atom. The third kappa shape index (κ3) is 5.09. The minimum absolute atomic E-state index is 0.0824. The number of hydrogen-bond acceptors (Lipinski definition) is 3. The van der Waals surface area contributed by atoms with Gasteiger partial charge in [0, 0.05) is 32.4 Å². The van der Waals surface area contributed by atoms with Crippen LogP contribution in [0.3, 0.4) is 0 Å². The van der Waals surface area contributed by atoms with Crippen LogP contribution in [0.25, 0.3) is 0 Å². The fraction of sp³-hybridized carbons (Fsp3) is 1.00. The Morgan fingerprint density at radius 3 is 1.70 bits per heavy atom. The Kier molecular flexibility index (Phi) is 3.70. The van der Waals surface area contributed by atoms with Gasteiger partial charge in [0.15, 0.2) is 0 Å². The fourth-order valence-electron chi connectivity index (χ4n) is 0.701. The smallest absolute Gasteiger partial charge is 0.0269 e. The normalized spacial score (nSPS) is 13.2. The van der Waals surface area contributed by atoms with E-state index in [0.29, 0.717) is 0 Å². The molecular weight excluding hydrogens is 144 g/mol.